The van der Waals surface area contributed by atoms with Crippen molar-refractivity contribution in [2.45, 2.75) is 71.9 Å². The van der Waals surface area contributed by atoms with E-state index >= 15 is 0 Å². The Hall–Kier alpha value is -0.120. The number of hydrogen-bond acceptors (Lipinski definition) is 3. The molecular formula is C22H41N3. The third kappa shape index (κ3) is 4.09. The molecule has 2 saturated heterocycles. The van der Waals surface area contributed by atoms with E-state index in [-0.39, 0.29) is 0 Å². The molecule has 25 heavy (non-hydrogen) atoms. The van der Waals surface area contributed by atoms with E-state index in [0.717, 1.165) is 35.3 Å². The van der Waals surface area contributed by atoms with Gasteiger partial charge in [-0.2, -0.15) is 0 Å². The number of piperazine rings is 1. The lowest BCUT2D eigenvalue weighted by molar-refractivity contribution is 0.0732. The van der Waals surface area contributed by atoms with Crippen LogP contribution < -0.4 is 0 Å². The number of fused-ring (bicyclic) bond motifs is 2. The maximum absolute atomic E-state index is 2.91. The molecule has 2 heterocycles. The highest BCUT2D eigenvalue weighted by Gasteiger charge is 2.50. The second-order valence-electron chi connectivity index (χ2n) is 10.6. The van der Waals surface area contributed by atoms with E-state index in [2.05, 4.69) is 42.4 Å². The van der Waals surface area contributed by atoms with Gasteiger partial charge in [0.1, 0.15) is 0 Å². The Labute approximate surface area is 156 Å². The van der Waals surface area contributed by atoms with Gasteiger partial charge in [-0.3, -0.25) is 9.80 Å². The molecule has 0 aromatic heterocycles. The highest BCUT2D eigenvalue weighted by atomic mass is 15.3. The predicted octanol–water partition coefficient (Wildman–Crippen LogP) is 3.55. The molecule has 4 rings (SSSR count). The average molecular weight is 348 g/mol. The highest BCUT2D eigenvalue weighted by Crippen LogP contribution is 2.53. The molecule has 3 atom stereocenters. The number of rotatable bonds is 7. The number of likely N-dealkylation sites (tertiary alicyclic amines) is 1. The summed E-state index contributed by atoms with van der Waals surface area (Å²) in [5.41, 5.74) is 0.724. The smallest absolute Gasteiger partial charge is 0.0113 e. The van der Waals surface area contributed by atoms with Crippen LogP contribution in [0.1, 0.15) is 59.8 Å². The molecule has 0 amide bonds. The largest absolute Gasteiger partial charge is 0.301 e. The third-order valence-corrected chi connectivity index (χ3v) is 7.77. The second kappa shape index (κ2) is 7.13. The Balaban J connectivity index is 1.22. The van der Waals surface area contributed by atoms with Gasteiger partial charge in [-0.05, 0) is 69.1 Å². The van der Waals surface area contributed by atoms with Crippen molar-refractivity contribution in [2.24, 2.45) is 23.2 Å². The molecule has 2 aliphatic heterocycles. The topological polar surface area (TPSA) is 9.72 Å². The van der Waals surface area contributed by atoms with Gasteiger partial charge in [-0.25, -0.2) is 0 Å². The lowest BCUT2D eigenvalue weighted by atomic mass is 9.90. The second-order valence-corrected chi connectivity index (χ2v) is 10.6. The Kier molecular flexibility index (Phi) is 5.20. The summed E-state index contributed by atoms with van der Waals surface area (Å²) in [4.78, 5) is 8.33. The first-order chi connectivity index (χ1) is 11.9. The fourth-order valence-corrected chi connectivity index (χ4v) is 6.26. The molecule has 0 unspecified atom stereocenters. The van der Waals surface area contributed by atoms with Crippen molar-refractivity contribution in [1.29, 1.82) is 0 Å². The zero-order valence-electron chi connectivity index (χ0n) is 17.2. The van der Waals surface area contributed by atoms with Crippen molar-refractivity contribution in [3.05, 3.63) is 0 Å². The Morgan fingerprint density at radius 2 is 1.68 bits per heavy atom. The van der Waals surface area contributed by atoms with E-state index in [1.165, 1.54) is 77.9 Å². The fraction of sp³-hybridized carbons (Fsp3) is 1.00. The van der Waals surface area contributed by atoms with Crippen molar-refractivity contribution < 1.29 is 0 Å². The molecular weight excluding hydrogens is 306 g/mol. The van der Waals surface area contributed by atoms with Gasteiger partial charge in [-0.15, -0.1) is 0 Å². The molecule has 4 fully saturated rings. The van der Waals surface area contributed by atoms with Crippen LogP contribution in [0.4, 0.5) is 0 Å². The van der Waals surface area contributed by atoms with Crippen LogP contribution in [0.25, 0.3) is 0 Å². The summed E-state index contributed by atoms with van der Waals surface area (Å²) in [5.74, 6) is 2.87. The third-order valence-electron chi connectivity index (χ3n) is 7.77. The highest BCUT2D eigenvalue weighted by molar-refractivity contribution is 5.03. The van der Waals surface area contributed by atoms with Gasteiger partial charge in [0.15, 0.2) is 0 Å². The molecule has 0 aromatic rings. The maximum atomic E-state index is 2.91. The molecule has 0 aromatic carbocycles. The summed E-state index contributed by atoms with van der Waals surface area (Å²) < 4.78 is 0. The van der Waals surface area contributed by atoms with Crippen molar-refractivity contribution in [3.8, 4) is 0 Å². The van der Waals surface area contributed by atoms with Crippen LogP contribution in [0.2, 0.25) is 0 Å². The Morgan fingerprint density at radius 3 is 2.20 bits per heavy atom. The zero-order valence-corrected chi connectivity index (χ0v) is 17.2. The van der Waals surface area contributed by atoms with Gasteiger partial charge >= 0.3 is 0 Å². The predicted molar refractivity (Wildman–Crippen MR) is 106 cm³/mol. The number of hydrogen-bond donors (Lipinski definition) is 0. The molecule has 144 valence electrons. The first-order valence-electron chi connectivity index (χ1n) is 11.1. The van der Waals surface area contributed by atoms with Gasteiger partial charge in [0, 0.05) is 57.9 Å². The van der Waals surface area contributed by atoms with Crippen LogP contribution in [0.3, 0.4) is 0 Å². The van der Waals surface area contributed by atoms with Gasteiger partial charge in [0.25, 0.3) is 0 Å². The Bertz CT molecular complexity index is 448. The van der Waals surface area contributed by atoms with Gasteiger partial charge in [-0.1, -0.05) is 13.8 Å². The van der Waals surface area contributed by atoms with Crippen LogP contribution in [0, 0.1) is 23.2 Å². The molecule has 2 aliphatic carbocycles. The minimum Gasteiger partial charge on any atom is -0.301 e. The van der Waals surface area contributed by atoms with Crippen LogP contribution >= 0.6 is 0 Å². The standard InChI is InChI=1S/C22H41N3/c1-17(2)13-22(5-6-22)16-25-15-20-12-21(25)11-19(20)14-23-7-9-24(10-8-23)18(3)4/h17-21H,5-16H2,1-4H3/t19-,20-,21+/m1/s1. The van der Waals surface area contributed by atoms with Crippen LogP contribution in [-0.4, -0.2) is 72.6 Å². The molecule has 4 aliphatic rings. The summed E-state index contributed by atoms with van der Waals surface area (Å²) in [7, 11) is 0. The molecule has 0 spiro atoms. The summed E-state index contributed by atoms with van der Waals surface area (Å²) in [6.45, 7) is 18.9. The summed E-state index contributed by atoms with van der Waals surface area (Å²) >= 11 is 0. The normalized spacial score (nSPS) is 36.0. The average Bonchev–Trinajstić information content (AvgIpc) is 3.01. The number of piperidine rings is 1. The van der Waals surface area contributed by atoms with E-state index in [9.17, 15) is 0 Å². The minimum atomic E-state index is 0.721. The van der Waals surface area contributed by atoms with Crippen molar-refractivity contribution in [1.82, 2.24) is 14.7 Å². The fourth-order valence-electron chi connectivity index (χ4n) is 6.26. The van der Waals surface area contributed by atoms with Crippen LogP contribution in [0.5, 0.6) is 0 Å². The van der Waals surface area contributed by atoms with E-state index in [4.69, 9.17) is 0 Å². The molecule has 3 nitrogen and oxygen atoms in total. The minimum absolute atomic E-state index is 0.721. The van der Waals surface area contributed by atoms with Crippen LogP contribution in [-0.2, 0) is 0 Å². The molecule has 0 N–H and O–H groups in total. The summed E-state index contributed by atoms with van der Waals surface area (Å²) in [6.07, 6.45) is 7.47. The maximum Gasteiger partial charge on any atom is 0.0113 e. The van der Waals surface area contributed by atoms with Crippen molar-refractivity contribution in [2.75, 3.05) is 45.8 Å². The Morgan fingerprint density at radius 1 is 0.960 bits per heavy atom. The van der Waals surface area contributed by atoms with E-state index in [0.29, 0.717) is 0 Å². The lowest BCUT2D eigenvalue weighted by Gasteiger charge is -2.40. The zero-order chi connectivity index (χ0) is 17.6. The SMILES string of the molecule is CC(C)CC1(CN2C[C@H]3C[C@@H]2C[C@@H]3CN2CCN(C(C)C)CC2)CC1. The van der Waals surface area contributed by atoms with Crippen molar-refractivity contribution in [3.63, 3.8) is 0 Å². The summed E-state index contributed by atoms with van der Waals surface area (Å²) in [6, 6.07) is 1.65. The molecule has 2 bridgehead atoms. The van der Waals surface area contributed by atoms with E-state index in [1.54, 1.807) is 0 Å². The molecule has 3 heteroatoms. The quantitative estimate of drug-likeness (QED) is 0.697. The van der Waals surface area contributed by atoms with Crippen molar-refractivity contribution >= 4 is 0 Å². The van der Waals surface area contributed by atoms with E-state index in [1.807, 2.05) is 0 Å². The van der Waals surface area contributed by atoms with E-state index < -0.39 is 0 Å². The first-order valence-corrected chi connectivity index (χ1v) is 11.1. The van der Waals surface area contributed by atoms with Gasteiger partial charge in [0.05, 0.1) is 0 Å². The monoisotopic (exact) mass is 347 g/mol. The van der Waals surface area contributed by atoms with Gasteiger partial charge in [0.2, 0.25) is 0 Å². The van der Waals surface area contributed by atoms with Crippen LogP contribution in [0.15, 0.2) is 0 Å². The molecule has 0 radical (unpaired) electrons. The summed E-state index contributed by atoms with van der Waals surface area (Å²) in [5, 5.41) is 0. The number of nitrogens with zero attached hydrogens (tertiary/aromatic N) is 3. The first kappa shape index (κ1) is 18.3. The molecule has 2 saturated carbocycles. The lowest BCUT2D eigenvalue weighted by Crippen LogP contribution is -2.51. The van der Waals surface area contributed by atoms with Gasteiger partial charge < -0.3 is 4.90 Å².